The van der Waals surface area contributed by atoms with Gasteiger partial charge in [-0.2, -0.15) is 13.2 Å². The Bertz CT molecular complexity index is 376. The zero-order chi connectivity index (χ0) is 14.4. The van der Waals surface area contributed by atoms with Crippen LogP contribution in [0.25, 0.3) is 0 Å². The first kappa shape index (κ1) is 14.4. The molecule has 1 aliphatic carbocycles. The van der Waals surface area contributed by atoms with Gasteiger partial charge in [0.1, 0.15) is 12.2 Å². The van der Waals surface area contributed by atoms with E-state index in [2.05, 4.69) is 10.3 Å². The van der Waals surface area contributed by atoms with Crippen LogP contribution in [-0.4, -0.2) is 65.0 Å². The van der Waals surface area contributed by atoms with Crippen molar-refractivity contribution in [3.8, 4) is 0 Å². The predicted molar refractivity (Wildman–Crippen MR) is 57.3 cm³/mol. The SMILES string of the molecule is CN=C1NC2C(CC(C(O)C(F)(F)F)C(O)C2O)O1. The fourth-order valence-electron chi connectivity index (χ4n) is 2.54. The summed E-state index contributed by atoms with van der Waals surface area (Å²) in [5.74, 6) is -1.53. The summed E-state index contributed by atoms with van der Waals surface area (Å²) in [6.07, 6.45) is -11.7. The second kappa shape index (κ2) is 4.80. The van der Waals surface area contributed by atoms with Crippen LogP contribution in [0, 0.1) is 5.92 Å². The summed E-state index contributed by atoms with van der Waals surface area (Å²) >= 11 is 0. The van der Waals surface area contributed by atoms with Crippen molar-refractivity contribution >= 4 is 6.02 Å². The Morgan fingerprint density at radius 3 is 2.53 bits per heavy atom. The van der Waals surface area contributed by atoms with Gasteiger partial charge in [0.05, 0.1) is 12.1 Å². The number of nitrogens with one attached hydrogen (secondary N) is 1. The lowest BCUT2D eigenvalue weighted by atomic mass is 9.77. The molecule has 6 unspecified atom stereocenters. The molecule has 0 spiro atoms. The van der Waals surface area contributed by atoms with E-state index in [0.29, 0.717) is 0 Å². The standard InChI is InChI=1S/C10H15F3N2O4/c1-14-9-15-5-4(19-9)2-3(6(16)7(5)17)8(18)10(11,12)13/h3-8,16-18H,2H2,1H3,(H,14,15). The summed E-state index contributed by atoms with van der Waals surface area (Å²) in [6, 6.07) is -0.631. The summed E-state index contributed by atoms with van der Waals surface area (Å²) in [5, 5.41) is 31.5. The molecule has 2 aliphatic rings. The van der Waals surface area contributed by atoms with Crippen molar-refractivity contribution in [3.05, 3.63) is 0 Å². The van der Waals surface area contributed by atoms with E-state index >= 15 is 0 Å². The molecule has 6 atom stereocenters. The van der Waals surface area contributed by atoms with Crippen molar-refractivity contribution in [2.75, 3.05) is 7.05 Å². The minimum atomic E-state index is -4.86. The lowest BCUT2D eigenvalue weighted by Crippen LogP contribution is -2.59. The van der Waals surface area contributed by atoms with Crippen LogP contribution in [0.3, 0.4) is 0 Å². The minimum Gasteiger partial charge on any atom is -0.460 e. The van der Waals surface area contributed by atoms with E-state index in [0.717, 1.165) is 0 Å². The smallest absolute Gasteiger partial charge is 0.414 e. The van der Waals surface area contributed by atoms with Crippen molar-refractivity contribution in [2.24, 2.45) is 10.9 Å². The first-order chi connectivity index (χ1) is 8.75. The van der Waals surface area contributed by atoms with E-state index < -0.39 is 42.6 Å². The highest BCUT2D eigenvalue weighted by Gasteiger charge is 2.55. The molecule has 2 fully saturated rings. The average molecular weight is 284 g/mol. The van der Waals surface area contributed by atoms with E-state index in [1.807, 2.05) is 0 Å². The molecule has 0 radical (unpaired) electrons. The molecular weight excluding hydrogens is 269 g/mol. The maximum atomic E-state index is 12.5. The largest absolute Gasteiger partial charge is 0.460 e. The molecule has 1 aliphatic heterocycles. The Balaban J connectivity index is 2.17. The van der Waals surface area contributed by atoms with Gasteiger partial charge in [0.25, 0.3) is 6.02 Å². The summed E-state index contributed by atoms with van der Waals surface area (Å²) in [7, 11) is 1.42. The average Bonchev–Trinajstić information content (AvgIpc) is 2.75. The Hall–Kier alpha value is -1.06. The van der Waals surface area contributed by atoms with Crippen molar-refractivity contribution in [3.63, 3.8) is 0 Å². The van der Waals surface area contributed by atoms with Crippen LogP contribution in [-0.2, 0) is 4.74 Å². The van der Waals surface area contributed by atoms with Crippen LogP contribution in [0.2, 0.25) is 0 Å². The Morgan fingerprint density at radius 2 is 2.00 bits per heavy atom. The number of alkyl halides is 3. The molecule has 4 N–H and O–H groups in total. The molecule has 6 nitrogen and oxygen atoms in total. The van der Waals surface area contributed by atoms with Gasteiger partial charge in [-0.15, -0.1) is 0 Å². The predicted octanol–water partition coefficient (Wildman–Crippen LogP) is -1.01. The number of amidine groups is 1. The summed E-state index contributed by atoms with van der Waals surface area (Å²) < 4.78 is 42.7. The fraction of sp³-hybridized carbons (Fsp3) is 0.900. The van der Waals surface area contributed by atoms with E-state index in [9.17, 15) is 28.5 Å². The molecule has 0 aromatic rings. The second-order valence-corrected chi connectivity index (χ2v) is 4.72. The number of ether oxygens (including phenoxy) is 1. The monoisotopic (exact) mass is 284 g/mol. The van der Waals surface area contributed by atoms with Gasteiger partial charge in [0.2, 0.25) is 0 Å². The molecule has 0 aromatic heterocycles. The van der Waals surface area contributed by atoms with E-state index in [1.165, 1.54) is 7.05 Å². The molecule has 1 saturated heterocycles. The summed E-state index contributed by atoms with van der Waals surface area (Å²) in [4.78, 5) is 3.70. The Kier molecular flexibility index (Phi) is 3.63. The molecule has 0 bridgehead atoms. The zero-order valence-electron chi connectivity index (χ0n) is 10.0. The Morgan fingerprint density at radius 1 is 1.37 bits per heavy atom. The first-order valence-electron chi connectivity index (χ1n) is 5.76. The first-order valence-corrected chi connectivity index (χ1v) is 5.76. The van der Waals surface area contributed by atoms with Crippen molar-refractivity contribution in [2.45, 2.75) is 43.1 Å². The highest BCUT2D eigenvalue weighted by molar-refractivity contribution is 5.76. The maximum absolute atomic E-state index is 12.5. The summed E-state index contributed by atoms with van der Waals surface area (Å²) in [5.41, 5.74) is 0. The van der Waals surface area contributed by atoms with Gasteiger partial charge < -0.3 is 25.4 Å². The molecule has 0 aromatic carbocycles. The lowest BCUT2D eigenvalue weighted by molar-refractivity contribution is -0.243. The third-order valence-electron chi connectivity index (χ3n) is 3.56. The van der Waals surface area contributed by atoms with Gasteiger partial charge in [-0.05, 0) is 6.42 Å². The van der Waals surface area contributed by atoms with Crippen LogP contribution in [0.5, 0.6) is 0 Å². The molecule has 110 valence electrons. The highest BCUT2D eigenvalue weighted by Crippen LogP contribution is 2.37. The number of aliphatic imine (C=N–C) groups is 1. The number of nitrogens with zero attached hydrogens (tertiary/aromatic N) is 1. The topological polar surface area (TPSA) is 94.3 Å². The van der Waals surface area contributed by atoms with Crippen LogP contribution in [0.4, 0.5) is 13.2 Å². The number of fused-ring (bicyclic) bond motifs is 1. The molecule has 1 heterocycles. The fourth-order valence-corrected chi connectivity index (χ4v) is 2.54. The van der Waals surface area contributed by atoms with E-state index in [4.69, 9.17) is 4.74 Å². The van der Waals surface area contributed by atoms with Gasteiger partial charge in [-0.1, -0.05) is 0 Å². The van der Waals surface area contributed by atoms with Crippen molar-refractivity contribution in [1.82, 2.24) is 5.32 Å². The van der Waals surface area contributed by atoms with Gasteiger partial charge in [0, 0.05) is 13.0 Å². The third-order valence-corrected chi connectivity index (χ3v) is 3.56. The van der Waals surface area contributed by atoms with E-state index in [1.54, 1.807) is 0 Å². The van der Waals surface area contributed by atoms with Crippen LogP contribution < -0.4 is 5.32 Å². The molecule has 1 saturated carbocycles. The van der Waals surface area contributed by atoms with E-state index in [-0.39, 0.29) is 12.4 Å². The number of aliphatic hydroxyl groups excluding tert-OH is 3. The van der Waals surface area contributed by atoms with Gasteiger partial charge in [-0.25, -0.2) is 4.99 Å². The minimum absolute atomic E-state index is 0.100. The van der Waals surface area contributed by atoms with Crippen molar-refractivity contribution in [1.29, 1.82) is 0 Å². The molecule has 0 amide bonds. The number of rotatable bonds is 1. The number of aliphatic hydroxyl groups is 3. The Labute approximate surface area is 106 Å². The molecule has 2 rings (SSSR count). The normalized spacial score (nSPS) is 42.5. The molecular formula is C10H15F3N2O4. The quantitative estimate of drug-likeness (QED) is 0.495. The van der Waals surface area contributed by atoms with Gasteiger partial charge in [0.15, 0.2) is 6.10 Å². The number of hydrogen-bond acceptors (Lipinski definition) is 5. The van der Waals surface area contributed by atoms with Gasteiger partial charge >= 0.3 is 6.18 Å². The van der Waals surface area contributed by atoms with Crippen LogP contribution in [0.15, 0.2) is 4.99 Å². The van der Waals surface area contributed by atoms with Gasteiger partial charge in [-0.3, -0.25) is 0 Å². The number of hydrogen-bond donors (Lipinski definition) is 4. The van der Waals surface area contributed by atoms with Crippen molar-refractivity contribution < 1.29 is 33.2 Å². The molecule has 9 heteroatoms. The lowest BCUT2D eigenvalue weighted by Gasteiger charge is -2.40. The maximum Gasteiger partial charge on any atom is 0.414 e. The van der Waals surface area contributed by atoms with Crippen LogP contribution >= 0.6 is 0 Å². The second-order valence-electron chi connectivity index (χ2n) is 4.72. The molecule has 19 heavy (non-hydrogen) atoms. The zero-order valence-corrected chi connectivity index (χ0v) is 10.0. The highest BCUT2D eigenvalue weighted by atomic mass is 19.4. The van der Waals surface area contributed by atoms with Crippen LogP contribution in [0.1, 0.15) is 6.42 Å². The third kappa shape index (κ3) is 2.49. The number of halogens is 3. The summed E-state index contributed by atoms with van der Waals surface area (Å²) in [6.45, 7) is 0.